The van der Waals surface area contributed by atoms with Gasteiger partial charge in [0.15, 0.2) is 11.5 Å². The van der Waals surface area contributed by atoms with Crippen molar-refractivity contribution in [2.45, 2.75) is 6.92 Å². The molecule has 17 heavy (non-hydrogen) atoms. The monoisotopic (exact) mass is 232 g/mol. The molecule has 1 aliphatic rings. The van der Waals surface area contributed by atoms with Crippen LogP contribution in [0.3, 0.4) is 0 Å². The molecule has 2 atom stereocenters. The molecule has 0 spiro atoms. The Labute approximate surface area is 98.5 Å². The van der Waals surface area contributed by atoms with Crippen LogP contribution < -0.4 is 4.90 Å². The predicted octanol–water partition coefficient (Wildman–Crippen LogP) is 0.505. The van der Waals surface area contributed by atoms with E-state index < -0.39 is 11.9 Å². The predicted molar refractivity (Wildman–Crippen MR) is 59.2 cm³/mol. The average Bonchev–Trinajstić information content (AvgIpc) is 2.71. The summed E-state index contributed by atoms with van der Waals surface area (Å²) in [6.07, 6.45) is 2.96. The van der Waals surface area contributed by atoms with E-state index in [1.54, 1.807) is 0 Å². The summed E-state index contributed by atoms with van der Waals surface area (Å²) in [7, 11) is 0. The summed E-state index contributed by atoms with van der Waals surface area (Å²) in [6.45, 7) is 2.86. The first kappa shape index (κ1) is 11.3. The minimum absolute atomic E-state index is 0.0426. The van der Waals surface area contributed by atoms with Crippen LogP contribution in [0.1, 0.15) is 12.6 Å². The summed E-state index contributed by atoms with van der Waals surface area (Å²) in [6, 6.07) is 1.97. The lowest BCUT2D eigenvalue weighted by Gasteiger charge is -2.16. The molecular formula is C11H12N4O2. The fourth-order valence-electron chi connectivity index (χ4n) is 2.10. The normalized spacial score (nSPS) is 23.4. The Hall–Kier alpha value is -2.16. The van der Waals surface area contributed by atoms with Crippen molar-refractivity contribution in [1.29, 1.82) is 5.26 Å². The number of aliphatic carboxylic acids is 1. The van der Waals surface area contributed by atoms with Gasteiger partial charge in [-0.1, -0.05) is 6.92 Å². The van der Waals surface area contributed by atoms with Gasteiger partial charge in [0, 0.05) is 25.5 Å². The van der Waals surface area contributed by atoms with Crippen molar-refractivity contribution in [2.75, 3.05) is 18.0 Å². The number of carboxylic acid groups (broad SMARTS) is 1. The Morgan fingerprint density at radius 3 is 2.82 bits per heavy atom. The van der Waals surface area contributed by atoms with E-state index >= 15 is 0 Å². The van der Waals surface area contributed by atoms with E-state index in [1.165, 1.54) is 12.4 Å². The molecule has 1 aliphatic heterocycles. The van der Waals surface area contributed by atoms with E-state index in [2.05, 4.69) is 9.97 Å². The molecule has 0 unspecified atom stereocenters. The second kappa shape index (κ2) is 4.37. The van der Waals surface area contributed by atoms with Crippen molar-refractivity contribution < 1.29 is 9.90 Å². The van der Waals surface area contributed by atoms with Crippen LogP contribution in [-0.4, -0.2) is 34.1 Å². The van der Waals surface area contributed by atoms with Gasteiger partial charge in [-0.25, -0.2) is 9.97 Å². The Balaban J connectivity index is 2.26. The van der Waals surface area contributed by atoms with E-state index in [9.17, 15) is 4.79 Å². The highest BCUT2D eigenvalue weighted by Crippen LogP contribution is 2.28. The van der Waals surface area contributed by atoms with Crippen LogP contribution >= 0.6 is 0 Å². The van der Waals surface area contributed by atoms with Gasteiger partial charge in [0.25, 0.3) is 0 Å². The van der Waals surface area contributed by atoms with Crippen LogP contribution in [-0.2, 0) is 4.79 Å². The number of carbonyl (C=O) groups is 1. The lowest BCUT2D eigenvalue weighted by Crippen LogP contribution is -2.24. The molecular weight excluding hydrogens is 220 g/mol. The quantitative estimate of drug-likeness (QED) is 0.798. The molecule has 2 heterocycles. The maximum atomic E-state index is 11.0. The molecule has 0 radical (unpaired) electrons. The maximum Gasteiger partial charge on any atom is 0.308 e. The minimum atomic E-state index is -0.803. The molecule has 0 bridgehead atoms. The summed E-state index contributed by atoms with van der Waals surface area (Å²) < 4.78 is 0. The Morgan fingerprint density at radius 2 is 2.24 bits per heavy atom. The van der Waals surface area contributed by atoms with Crippen molar-refractivity contribution >= 4 is 11.8 Å². The lowest BCUT2D eigenvalue weighted by atomic mass is 9.99. The Bertz CT molecular complexity index is 483. The van der Waals surface area contributed by atoms with Crippen molar-refractivity contribution in [2.24, 2.45) is 11.8 Å². The highest BCUT2D eigenvalue weighted by Gasteiger charge is 2.36. The van der Waals surface area contributed by atoms with Gasteiger partial charge in [0.2, 0.25) is 0 Å². The highest BCUT2D eigenvalue weighted by molar-refractivity contribution is 5.72. The van der Waals surface area contributed by atoms with Crippen LogP contribution in [0.2, 0.25) is 0 Å². The molecule has 6 heteroatoms. The van der Waals surface area contributed by atoms with Crippen molar-refractivity contribution in [3.63, 3.8) is 0 Å². The zero-order valence-corrected chi connectivity index (χ0v) is 9.37. The third-order valence-corrected chi connectivity index (χ3v) is 3.01. The Kier molecular flexibility index (Phi) is 2.91. The third-order valence-electron chi connectivity index (χ3n) is 3.01. The van der Waals surface area contributed by atoms with Crippen molar-refractivity contribution in [1.82, 2.24) is 9.97 Å². The molecule has 1 aromatic rings. The summed E-state index contributed by atoms with van der Waals surface area (Å²) in [5, 5.41) is 18.0. The van der Waals surface area contributed by atoms with Crippen LogP contribution in [0.4, 0.5) is 5.82 Å². The fraction of sp³-hybridized carbons (Fsp3) is 0.455. The van der Waals surface area contributed by atoms with Crippen LogP contribution in [0.15, 0.2) is 12.4 Å². The first-order valence-electron chi connectivity index (χ1n) is 5.32. The topological polar surface area (TPSA) is 90.1 Å². The van der Waals surface area contributed by atoms with Crippen molar-refractivity contribution in [3.05, 3.63) is 18.1 Å². The summed E-state index contributed by atoms with van der Waals surface area (Å²) in [5.74, 6) is -0.697. The lowest BCUT2D eigenvalue weighted by molar-refractivity contribution is -0.142. The molecule has 0 amide bonds. The smallest absolute Gasteiger partial charge is 0.308 e. The number of nitriles is 1. The fourth-order valence-corrected chi connectivity index (χ4v) is 2.10. The summed E-state index contributed by atoms with van der Waals surface area (Å²) in [5.41, 5.74) is 0.241. The second-order valence-corrected chi connectivity index (χ2v) is 4.17. The first-order chi connectivity index (χ1) is 8.13. The number of hydrogen-bond donors (Lipinski definition) is 1. The van der Waals surface area contributed by atoms with Gasteiger partial charge in [-0.2, -0.15) is 5.26 Å². The van der Waals surface area contributed by atoms with Crippen LogP contribution in [0.25, 0.3) is 0 Å². The van der Waals surface area contributed by atoms with Gasteiger partial charge < -0.3 is 10.0 Å². The van der Waals surface area contributed by atoms with E-state index in [-0.39, 0.29) is 11.6 Å². The summed E-state index contributed by atoms with van der Waals surface area (Å²) in [4.78, 5) is 20.9. The standard InChI is InChI=1S/C11H12N4O2/c1-7-5-15(6-8(7)11(16)17)10-9(4-12)13-2-3-14-10/h2-3,7-8H,5-6H2,1H3,(H,16,17)/t7-,8-/m1/s1. The van der Waals surface area contributed by atoms with Gasteiger partial charge in [0.1, 0.15) is 6.07 Å². The zero-order valence-electron chi connectivity index (χ0n) is 9.37. The number of anilines is 1. The van der Waals surface area contributed by atoms with E-state index in [1.807, 2.05) is 17.9 Å². The van der Waals surface area contributed by atoms with Gasteiger partial charge in [0.05, 0.1) is 5.92 Å². The zero-order chi connectivity index (χ0) is 12.4. The molecule has 0 aromatic carbocycles. The van der Waals surface area contributed by atoms with Crippen LogP contribution in [0.5, 0.6) is 0 Å². The molecule has 1 N–H and O–H groups in total. The van der Waals surface area contributed by atoms with Gasteiger partial charge in [-0.15, -0.1) is 0 Å². The molecule has 2 rings (SSSR count). The van der Waals surface area contributed by atoms with Gasteiger partial charge >= 0.3 is 5.97 Å². The molecule has 1 fully saturated rings. The number of nitrogens with zero attached hydrogens (tertiary/aromatic N) is 4. The molecule has 88 valence electrons. The molecule has 1 saturated heterocycles. The number of carboxylic acids is 1. The van der Waals surface area contributed by atoms with E-state index in [0.29, 0.717) is 18.9 Å². The SMILES string of the molecule is C[C@@H]1CN(c2nccnc2C#N)C[C@H]1C(=O)O. The second-order valence-electron chi connectivity index (χ2n) is 4.17. The van der Waals surface area contributed by atoms with E-state index in [4.69, 9.17) is 10.4 Å². The van der Waals surface area contributed by atoms with E-state index in [0.717, 1.165) is 0 Å². The largest absolute Gasteiger partial charge is 0.481 e. The maximum absolute atomic E-state index is 11.0. The average molecular weight is 232 g/mol. The van der Waals surface area contributed by atoms with Crippen molar-refractivity contribution in [3.8, 4) is 6.07 Å². The number of hydrogen-bond acceptors (Lipinski definition) is 5. The van der Waals surface area contributed by atoms with Crippen LogP contribution in [0, 0.1) is 23.2 Å². The molecule has 6 nitrogen and oxygen atoms in total. The third kappa shape index (κ3) is 2.04. The first-order valence-corrected chi connectivity index (χ1v) is 5.32. The number of rotatable bonds is 2. The summed E-state index contributed by atoms with van der Waals surface area (Å²) >= 11 is 0. The molecule has 1 aromatic heterocycles. The molecule has 0 saturated carbocycles. The highest BCUT2D eigenvalue weighted by atomic mass is 16.4. The van der Waals surface area contributed by atoms with Gasteiger partial charge in [-0.05, 0) is 5.92 Å². The Morgan fingerprint density at radius 1 is 1.53 bits per heavy atom. The molecule has 0 aliphatic carbocycles. The van der Waals surface area contributed by atoms with Gasteiger partial charge in [-0.3, -0.25) is 4.79 Å². The number of aromatic nitrogens is 2. The minimum Gasteiger partial charge on any atom is -0.481 e.